The topological polar surface area (TPSA) is 120 Å². The fourth-order valence-corrected chi connectivity index (χ4v) is 3.62. The number of alkyl halides is 1. The van der Waals surface area contributed by atoms with Crippen molar-refractivity contribution in [2.75, 3.05) is 19.3 Å². The van der Waals surface area contributed by atoms with Crippen LogP contribution in [0.1, 0.15) is 27.8 Å². The van der Waals surface area contributed by atoms with Gasteiger partial charge >= 0.3 is 0 Å². The summed E-state index contributed by atoms with van der Waals surface area (Å²) in [6.07, 6.45) is 2.80. The molecule has 1 aromatic carbocycles. The number of halogens is 4. The number of amides is 2. The number of aromatic nitrogens is 3. The van der Waals surface area contributed by atoms with Gasteiger partial charge in [0.15, 0.2) is 5.82 Å². The van der Waals surface area contributed by atoms with Crippen LogP contribution in [0.5, 0.6) is 5.88 Å². The highest BCUT2D eigenvalue weighted by molar-refractivity contribution is 6.38. The van der Waals surface area contributed by atoms with Crippen molar-refractivity contribution >= 4 is 58.5 Å². The molecule has 3 rings (SSSR count). The third-order valence-electron chi connectivity index (χ3n) is 4.35. The highest BCUT2D eigenvalue weighted by Crippen LogP contribution is 2.31. The Balaban J connectivity index is 1.99. The Kier molecular flexibility index (Phi) is 8.85. The first kappa shape index (κ1) is 26.2. The number of nitrogens with one attached hydrogen (secondary N) is 2. The summed E-state index contributed by atoms with van der Waals surface area (Å²) >= 11 is 18.6. The van der Waals surface area contributed by atoms with E-state index in [9.17, 15) is 14.0 Å². The summed E-state index contributed by atoms with van der Waals surface area (Å²) in [5, 5.41) is 13.2. The van der Waals surface area contributed by atoms with Crippen LogP contribution in [0.2, 0.25) is 15.1 Å². The Morgan fingerprint density at radius 1 is 1.23 bits per heavy atom. The molecule has 2 aromatic heterocycles. The van der Waals surface area contributed by atoms with Crippen LogP contribution in [-0.2, 0) is 4.84 Å². The summed E-state index contributed by atoms with van der Waals surface area (Å²) in [6.45, 7) is 0.484. The molecule has 1 atom stereocenters. The minimum atomic E-state index is -1.17. The van der Waals surface area contributed by atoms with Crippen LogP contribution in [0.3, 0.4) is 0 Å². The van der Waals surface area contributed by atoms with Crippen molar-refractivity contribution in [1.29, 1.82) is 0 Å². The van der Waals surface area contributed by atoms with Gasteiger partial charge in [-0.2, -0.15) is 0 Å². The zero-order valence-corrected chi connectivity index (χ0v) is 20.5. The molecule has 0 fully saturated rings. The van der Waals surface area contributed by atoms with Gasteiger partial charge in [0.25, 0.3) is 11.8 Å². The van der Waals surface area contributed by atoms with E-state index in [1.807, 2.05) is 0 Å². The number of carbonyl (C=O) groups excluding carboxylic acids is 2. The molecule has 2 N–H and O–H groups in total. The van der Waals surface area contributed by atoms with Gasteiger partial charge in [0.1, 0.15) is 12.8 Å². The molecule has 0 aliphatic heterocycles. The van der Waals surface area contributed by atoms with Crippen molar-refractivity contribution in [2.24, 2.45) is 5.16 Å². The van der Waals surface area contributed by atoms with E-state index < -0.39 is 24.7 Å². The van der Waals surface area contributed by atoms with Crippen molar-refractivity contribution < 1.29 is 23.6 Å². The molecule has 35 heavy (non-hydrogen) atoms. The zero-order chi connectivity index (χ0) is 25.5. The third-order valence-corrected chi connectivity index (χ3v) is 5.16. The van der Waals surface area contributed by atoms with Gasteiger partial charge in [-0.05, 0) is 31.2 Å². The zero-order valence-electron chi connectivity index (χ0n) is 18.3. The summed E-state index contributed by atoms with van der Waals surface area (Å²) in [5.74, 6) is -1.45. The highest BCUT2D eigenvalue weighted by Gasteiger charge is 2.24. The summed E-state index contributed by atoms with van der Waals surface area (Å²) < 4.78 is 18.6. The van der Waals surface area contributed by atoms with Crippen LogP contribution in [0, 0.1) is 0 Å². The molecule has 1 unspecified atom stereocenters. The van der Waals surface area contributed by atoms with Crippen molar-refractivity contribution in [3.63, 3.8) is 0 Å². The maximum absolute atomic E-state index is 13.3. The van der Waals surface area contributed by atoms with Crippen molar-refractivity contribution in [2.45, 2.75) is 13.0 Å². The Bertz CT molecular complexity index is 1270. The molecule has 2 amide bonds. The van der Waals surface area contributed by atoms with Crippen molar-refractivity contribution in [1.82, 2.24) is 20.1 Å². The number of oxime groups is 1. The monoisotopic (exact) mass is 542 g/mol. The Morgan fingerprint density at radius 3 is 2.69 bits per heavy atom. The van der Waals surface area contributed by atoms with Crippen molar-refractivity contribution in [3.8, 4) is 11.7 Å². The van der Waals surface area contributed by atoms with Crippen LogP contribution in [0.4, 0.5) is 10.1 Å². The second kappa shape index (κ2) is 11.8. The molecule has 0 aliphatic rings. The lowest BCUT2D eigenvalue weighted by Crippen LogP contribution is -2.34. The van der Waals surface area contributed by atoms with Gasteiger partial charge in [-0.15, -0.1) is 5.10 Å². The van der Waals surface area contributed by atoms with Gasteiger partial charge < -0.3 is 20.2 Å². The van der Waals surface area contributed by atoms with Gasteiger partial charge in [-0.1, -0.05) is 40.0 Å². The maximum Gasteiger partial charge on any atom is 0.274 e. The number of pyridine rings is 1. The van der Waals surface area contributed by atoms with E-state index in [4.69, 9.17) is 39.5 Å². The van der Waals surface area contributed by atoms with E-state index in [0.717, 1.165) is 4.68 Å². The minimum Gasteiger partial charge on any atom is -0.445 e. The average Bonchev–Trinajstić information content (AvgIpc) is 3.23. The van der Waals surface area contributed by atoms with Crippen LogP contribution in [-0.4, -0.2) is 52.8 Å². The van der Waals surface area contributed by atoms with Gasteiger partial charge in [0.2, 0.25) is 12.7 Å². The standard InChI is InChI=1S/C21H18Cl3FN6O4/c1-11(9-27-34-2)28-20(32)13-6-12(22)7-15(24)18(13)29-21(33)16-8-17(35-10-25)30-31(16)19-14(23)4-3-5-26-19/h3-9,11H,10H2,1-2H3,(H,28,32)(H,29,33)/b27-9+. The predicted octanol–water partition coefficient (Wildman–Crippen LogP) is 4.54. The molecule has 14 heteroatoms. The molecule has 184 valence electrons. The third kappa shape index (κ3) is 6.38. The Morgan fingerprint density at radius 2 is 2.00 bits per heavy atom. The number of rotatable bonds is 9. The SMILES string of the molecule is CO/N=C/C(C)NC(=O)c1cc(Cl)cc(Cl)c1NC(=O)c1cc(OCF)nn1-c1ncccc1Cl. The second-order valence-corrected chi connectivity index (χ2v) is 8.06. The molecular formula is C21H18Cl3FN6O4. The smallest absolute Gasteiger partial charge is 0.274 e. The number of ether oxygens (including phenoxy) is 1. The number of nitrogens with zero attached hydrogens (tertiary/aromatic N) is 4. The first-order valence-electron chi connectivity index (χ1n) is 9.82. The molecule has 0 bridgehead atoms. The Hall–Kier alpha value is -3.41. The lowest BCUT2D eigenvalue weighted by atomic mass is 10.1. The van der Waals surface area contributed by atoms with E-state index in [1.54, 1.807) is 13.0 Å². The van der Waals surface area contributed by atoms with Gasteiger partial charge in [-0.3, -0.25) is 9.59 Å². The lowest BCUT2D eigenvalue weighted by molar-refractivity contribution is 0.0950. The first-order chi connectivity index (χ1) is 16.7. The molecule has 10 nitrogen and oxygen atoms in total. The van der Waals surface area contributed by atoms with Crippen LogP contribution in [0.25, 0.3) is 5.82 Å². The lowest BCUT2D eigenvalue weighted by Gasteiger charge is -2.15. The molecule has 0 spiro atoms. The molecule has 2 heterocycles. The Labute approximate surface area is 214 Å². The highest BCUT2D eigenvalue weighted by atomic mass is 35.5. The van der Waals surface area contributed by atoms with Crippen LogP contribution >= 0.6 is 34.8 Å². The number of hydrogen-bond donors (Lipinski definition) is 2. The van der Waals surface area contributed by atoms with E-state index in [0.29, 0.717) is 0 Å². The van der Waals surface area contributed by atoms with E-state index in [1.165, 1.54) is 43.8 Å². The quantitative estimate of drug-likeness (QED) is 0.302. The van der Waals surface area contributed by atoms with Gasteiger partial charge in [0, 0.05) is 17.3 Å². The van der Waals surface area contributed by atoms with Crippen LogP contribution in [0.15, 0.2) is 41.7 Å². The molecule has 0 saturated carbocycles. The van der Waals surface area contributed by atoms with Gasteiger partial charge in [-0.25, -0.2) is 14.1 Å². The fourth-order valence-electron chi connectivity index (χ4n) is 2.87. The van der Waals surface area contributed by atoms with E-state index in [-0.39, 0.29) is 43.7 Å². The average molecular weight is 544 g/mol. The van der Waals surface area contributed by atoms with E-state index >= 15 is 0 Å². The first-order valence-corrected chi connectivity index (χ1v) is 11.0. The minimum absolute atomic E-state index is 0.00335. The summed E-state index contributed by atoms with van der Waals surface area (Å²) in [7, 11) is 1.36. The molecule has 3 aromatic rings. The molecular weight excluding hydrogens is 526 g/mol. The van der Waals surface area contributed by atoms with Crippen molar-refractivity contribution in [3.05, 3.63) is 62.9 Å². The predicted molar refractivity (Wildman–Crippen MR) is 130 cm³/mol. The maximum atomic E-state index is 13.3. The summed E-state index contributed by atoms with van der Waals surface area (Å²) in [5.41, 5.74) is -0.162. The normalized spacial score (nSPS) is 11.8. The number of hydrogen-bond acceptors (Lipinski definition) is 7. The molecule has 0 saturated heterocycles. The number of benzene rings is 1. The molecule has 0 aliphatic carbocycles. The largest absolute Gasteiger partial charge is 0.445 e. The number of carbonyl (C=O) groups is 2. The number of anilines is 1. The molecule has 0 radical (unpaired) electrons. The van der Waals surface area contributed by atoms with E-state index in [2.05, 4.69) is 30.7 Å². The summed E-state index contributed by atoms with van der Waals surface area (Å²) in [4.78, 5) is 34.9. The second-order valence-electron chi connectivity index (χ2n) is 6.81. The van der Waals surface area contributed by atoms with Gasteiger partial charge in [0.05, 0.1) is 33.6 Å². The fraction of sp³-hybridized carbons (Fsp3) is 0.190. The van der Waals surface area contributed by atoms with Crippen LogP contribution < -0.4 is 15.4 Å². The summed E-state index contributed by atoms with van der Waals surface area (Å²) in [6, 6.07) is 6.49.